The molecular weight excluding hydrogens is 363 g/mol. The molecule has 0 fully saturated rings. The van der Waals surface area contributed by atoms with Crippen molar-refractivity contribution in [2.24, 2.45) is 0 Å². The number of carboxylic acids is 1. The summed E-state index contributed by atoms with van der Waals surface area (Å²) in [6.07, 6.45) is 1.44. The first-order chi connectivity index (χ1) is 11.0. The minimum absolute atomic E-state index is 0. The van der Waals surface area contributed by atoms with Crippen LogP contribution in [0.1, 0.15) is 11.8 Å². The summed E-state index contributed by atoms with van der Waals surface area (Å²) in [6, 6.07) is 7.91. The van der Waals surface area contributed by atoms with Gasteiger partial charge in [-0.05, 0) is 42.1 Å². The van der Waals surface area contributed by atoms with Gasteiger partial charge in [-0.1, -0.05) is 11.6 Å². The van der Waals surface area contributed by atoms with Gasteiger partial charge in [0.1, 0.15) is 10.8 Å². The van der Waals surface area contributed by atoms with Gasteiger partial charge in [0.2, 0.25) is 5.12 Å². The molecule has 0 aliphatic rings. The third-order valence-corrected chi connectivity index (χ3v) is 3.92. The summed E-state index contributed by atoms with van der Waals surface area (Å²) in [5, 5.41) is 12.4. The molecular formula is C15H14ClN2NaO4S. The number of aromatic carboxylic acids is 1. The maximum absolute atomic E-state index is 12.0. The zero-order valence-electron chi connectivity index (χ0n) is 14.1. The number of carboxylic acid groups (broad SMARTS) is 1. The molecule has 1 aromatic heterocycles. The van der Waals surface area contributed by atoms with Crippen LogP contribution in [-0.2, 0) is 4.79 Å². The molecule has 24 heavy (non-hydrogen) atoms. The monoisotopic (exact) mass is 376 g/mol. The molecule has 0 aliphatic heterocycles. The number of ether oxygens (including phenoxy) is 1. The Morgan fingerprint density at radius 3 is 2.83 bits per heavy atom. The molecule has 2 rings (SSSR count). The molecule has 1 aromatic carbocycles. The average molecular weight is 377 g/mol. The van der Waals surface area contributed by atoms with E-state index < -0.39 is 5.97 Å². The standard InChI is InChI=1S/C15H13ClN2O4S.Na.H/c1-22-12-5-4-9(16)7-11(12)18-8-13(19)23-14-10(15(20)21)3-2-6-17-14;;/h2-7,18H,8H2,1H3,(H,20,21);;/q;+1;-1. The van der Waals surface area contributed by atoms with Gasteiger partial charge >= 0.3 is 35.5 Å². The number of nitrogens with one attached hydrogen (secondary N) is 1. The topological polar surface area (TPSA) is 88.5 Å². The molecule has 2 N–H and O–H groups in total. The molecule has 0 radical (unpaired) electrons. The minimum atomic E-state index is -1.13. The van der Waals surface area contributed by atoms with Gasteiger partial charge in [0.05, 0.1) is 24.9 Å². The third-order valence-electron chi connectivity index (χ3n) is 2.80. The molecule has 0 bridgehead atoms. The van der Waals surface area contributed by atoms with Crippen LogP contribution in [0, 0.1) is 0 Å². The van der Waals surface area contributed by atoms with Crippen molar-refractivity contribution in [3.63, 3.8) is 0 Å². The number of hydrogen-bond donors (Lipinski definition) is 2. The molecule has 0 saturated heterocycles. The normalized spacial score (nSPS) is 9.75. The van der Waals surface area contributed by atoms with Crippen LogP contribution in [0.2, 0.25) is 5.02 Å². The number of carbonyl (C=O) groups is 2. The quantitative estimate of drug-likeness (QED) is 0.553. The first kappa shape index (κ1) is 20.8. The molecule has 9 heteroatoms. The largest absolute Gasteiger partial charge is 1.00 e. The van der Waals surface area contributed by atoms with Crippen molar-refractivity contribution in [1.29, 1.82) is 0 Å². The Labute approximate surface area is 171 Å². The number of anilines is 1. The van der Waals surface area contributed by atoms with Crippen LogP contribution in [0.5, 0.6) is 5.75 Å². The van der Waals surface area contributed by atoms with Gasteiger partial charge in [-0.2, -0.15) is 0 Å². The van der Waals surface area contributed by atoms with E-state index in [1.54, 1.807) is 18.2 Å². The number of benzene rings is 1. The van der Waals surface area contributed by atoms with E-state index >= 15 is 0 Å². The molecule has 0 amide bonds. The second kappa shape index (κ2) is 9.90. The van der Waals surface area contributed by atoms with E-state index in [1.807, 2.05) is 0 Å². The fourth-order valence-electron chi connectivity index (χ4n) is 1.76. The zero-order chi connectivity index (χ0) is 16.8. The Morgan fingerprint density at radius 2 is 2.17 bits per heavy atom. The van der Waals surface area contributed by atoms with Crippen molar-refractivity contribution in [2.45, 2.75) is 5.03 Å². The fraction of sp³-hybridized carbons (Fsp3) is 0.133. The van der Waals surface area contributed by atoms with Crippen LogP contribution >= 0.6 is 23.4 Å². The van der Waals surface area contributed by atoms with E-state index in [4.69, 9.17) is 21.4 Å². The molecule has 122 valence electrons. The predicted octanol–water partition coefficient (Wildman–Crippen LogP) is 0.289. The Morgan fingerprint density at radius 1 is 1.42 bits per heavy atom. The first-order valence-corrected chi connectivity index (χ1v) is 7.67. The number of hydrogen-bond acceptors (Lipinski definition) is 6. The second-order valence-electron chi connectivity index (χ2n) is 4.33. The number of nitrogens with zero attached hydrogens (tertiary/aromatic N) is 1. The van der Waals surface area contributed by atoms with Crippen LogP contribution in [-0.4, -0.2) is 34.8 Å². The number of halogens is 1. The van der Waals surface area contributed by atoms with Crippen molar-refractivity contribution in [2.75, 3.05) is 19.0 Å². The molecule has 0 unspecified atom stereocenters. The van der Waals surface area contributed by atoms with Gasteiger partial charge < -0.3 is 16.6 Å². The fourth-order valence-corrected chi connectivity index (χ4v) is 2.68. The molecule has 0 saturated carbocycles. The SMILES string of the molecule is COc1ccc(Cl)cc1NCC(=O)Sc1ncccc1C(=O)O.[H-].[Na+]. The summed E-state index contributed by atoms with van der Waals surface area (Å²) in [5.74, 6) is -0.575. The van der Waals surface area contributed by atoms with Crippen molar-refractivity contribution < 1.29 is 50.4 Å². The number of aromatic nitrogens is 1. The molecule has 6 nitrogen and oxygen atoms in total. The van der Waals surface area contributed by atoms with E-state index in [2.05, 4.69) is 10.3 Å². The summed E-state index contributed by atoms with van der Waals surface area (Å²) in [7, 11) is 1.51. The number of thioether (sulfide) groups is 1. The van der Waals surface area contributed by atoms with Crippen LogP contribution in [0.4, 0.5) is 5.69 Å². The van der Waals surface area contributed by atoms with Crippen molar-refractivity contribution in [1.82, 2.24) is 4.98 Å². The van der Waals surface area contributed by atoms with Gasteiger partial charge in [0.15, 0.2) is 0 Å². The summed E-state index contributed by atoms with van der Waals surface area (Å²) >= 11 is 6.68. The van der Waals surface area contributed by atoms with Crippen LogP contribution in [0.3, 0.4) is 0 Å². The molecule has 0 atom stereocenters. The van der Waals surface area contributed by atoms with Gasteiger partial charge in [-0.15, -0.1) is 0 Å². The maximum atomic E-state index is 12.0. The average Bonchev–Trinajstić information content (AvgIpc) is 2.53. The van der Waals surface area contributed by atoms with Crippen molar-refractivity contribution in [3.8, 4) is 5.75 Å². The van der Waals surface area contributed by atoms with Crippen LogP contribution in [0.15, 0.2) is 41.6 Å². The summed E-state index contributed by atoms with van der Waals surface area (Å²) in [6.45, 7) is -0.0308. The summed E-state index contributed by atoms with van der Waals surface area (Å²) in [4.78, 5) is 27.1. The van der Waals surface area contributed by atoms with Crippen molar-refractivity contribution in [3.05, 3.63) is 47.1 Å². The zero-order valence-corrected chi connectivity index (χ0v) is 16.6. The summed E-state index contributed by atoms with van der Waals surface area (Å²) in [5.41, 5.74) is 0.569. The Balaban J connectivity index is 0.00000288. The molecule has 1 heterocycles. The van der Waals surface area contributed by atoms with Gasteiger partial charge in [0, 0.05) is 11.2 Å². The summed E-state index contributed by atoms with van der Waals surface area (Å²) < 4.78 is 5.17. The second-order valence-corrected chi connectivity index (χ2v) is 5.82. The smallest absolute Gasteiger partial charge is 1.00 e. The molecule has 2 aromatic rings. The number of pyridine rings is 1. The first-order valence-electron chi connectivity index (χ1n) is 6.47. The van der Waals surface area contributed by atoms with Gasteiger partial charge in [-0.25, -0.2) is 9.78 Å². The van der Waals surface area contributed by atoms with E-state index in [0.29, 0.717) is 16.5 Å². The van der Waals surface area contributed by atoms with Crippen LogP contribution < -0.4 is 39.6 Å². The van der Waals surface area contributed by atoms with Gasteiger partial charge in [-0.3, -0.25) is 4.79 Å². The Bertz CT molecular complexity index is 751. The van der Waals surface area contributed by atoms with Gasteiger partial charge in [0.25, 0.3) is 0 Å². The maximum Gasteiger partial charge on any atom is 1.00 e. The van der Waals surface area contributed by atoms with E-state index in [1.165, 1.54) is 25.4 Å². The predicted molar refractivity (Wildman–Crippen MR) is 89.7 cm³/mol. The third kappa shape index (κ3) is 5.68. The number of rotatable bonds is 6. The van der Waals surface area contributed by atoms with Crippen LogP contribution in [0.25, 0.3) is 0 Å². The minimum Gasteiger partial charge on any atom is -1.00 e. The van der Waals surface area contributed by atoms with E-state index in [9.17, 15) is 9.59 Å². The van der Waals surface area contributed by atoms with E-state index in [0.717, 1.165) is 11.8 Å². The number of methoxy groups -OCH3 is 1. The molecule has 0 aliphatic carbocycles. The van der Waals surface area contributed by atoms with Crippen molar-refractivity contribution >= 4 is 40.1 Å². The Kier molecular flexibility index (Phi) is 8.58. The number of carbonyl (C=O) groups excluding carboxylic acids is 1. The molecule has 0 spiro atoms. The van der Waals surface area contributed by atoms with E-state index in [-0.39, 0.29) is 53.2 Å². The Hall–Kier alpha value is -1.25.